The minimum atomic E-state index is -4.55. The summed E-state index contributed by atoms with van der Waals surface area (Å²) < 4.78 is 46.8. The van der Waals surface area contributed by atoms with Gasteiger partial charge in [0.2, 0.25) is 0 Å². The molecule has 188 valence electrons. The van der Waals surface area contributed by atoms with Gasteiger partial charge in [0.05, 0.1) is 39.2 Å². The van der Waals surface area contributed by atoms with Crippen molar-refractivity contribution in [2.75, 3.05) is 0 Å². The van der Waals surface area contributed by atoms with Crippen LogP contribution in [-0.4, -0.2) is 24.7 Å². The molecule has 5 aromatic heterocycles. The highest BCUT2D eigenvalue weighted by Gasteiger charge is 2.30. The standard InChI is InChI=1S/C28H18F3N5O2/c1-15-25(16(2)38-35-15)22-8-6-17(13-32-22)21-9-10-23-26(34-21)27-18(14-33-23)7-11-24(37)36(27)20-5-3-4-19(12-20)28(29,30)31/h3-14H,1-2H3. The van der Waals surface area contributed by atoms with Crippen LogP contribution in [0.2, 0.25) is 0 Å². The molecule has 0 atom stereocenters. The van der Waals surface area contributed by atoms with Crippen molar-refractivity contribution in [3.05, 3.63) is 100 Å². The summed E-state index contributed by atoms with van der Waals surface area (Å²) in [5.74, 6) is 0.664. The first-order valence-electron chi connectivity index (χ1n) is 11.6. The van der Waals surface area contributed by atoms with E-state index in [1.54, 1.807) is 30.6 Å². The summed E-state index contributed by atoms with van der Waals surface area (Å²) in [6.07, 6.45) is -1.31. The van der Waals surface area contributed by atoms with Gasteiger partial charge in [0.25, 0.3) is 5.56 Å². The third kappa shape index (κ3) is 3.90. The number of hydrogen-bond acceptors (Lipinski definition) is 6. The van der Waals surface area contributed by atoms with Crippen molar-refractivity contribution >= 4 is 21.9 Å². The summed E-state index contributed by atoms with van der Waals surface area (Å²) in [6.45, 7) is 3.66. The molecule has 0 aliphatic rings. The van der Waals surface area contributed by atoms with Crippen molar-refractivity contribution in [2.24, 2.45) is 0 Å². The lowest BCUT2D eigenvalue weighted by Crippen LogP contribution is -2.18. The number of alkyl halides is 3. The molecule has 0 amide bonds. The topological polar surface area (TPSA) is 86.7 Å². The van der Waals surface area contributed by atoms with Crippen LogP contribution in [0.3, 0.4) is 0 Å². The maximum absolute atomic E-state index is 13.4. The third-order valence-electron chi connectivity index (χ3n) is 6.34. The van der Waals surface area contributed by atoms with Gasteiger partial charge in [-0.1, -0.05) is 11.2 Å². The molecule has 1 aromatic carbocycles. The van der Waals surface area contributed by atoms with Crippen LogP contribution >= 0.6 is 0 Å². The molecule has 0 aliphatic heterocycles. The highest BCUT2D eigenvalue weighted by molar-refractivity contribution is 6.02. The first-order valence-corrected chi connectivity index (χ1v) is 11.6. The van der Waals surface area contributed by atoms with Crippen LogP contribution in [0.1, 0.15) is 17.0 Å². The van der Waals surface area contributed by atoms with Gasteiger partial charge >= 0.3 is 6.18 Å². The SMILES string of the molecule is Cc1noc(C)c1-c1ccc(-c2ccc3ncc4ccc(=O)n(-c5cccc(C(F)(F)F)c5)c4c3n2)cn1. The van der Waals surface area contributed by atoms with Gasteiger partial charge in [-0.3, -0.25) is 19.3 Å². The molecule has 6 rings (SSSR count). The normalized spacial score (nSPS) is 11.9. The molecule has 38 heavy (non-hydrogen) atoms. The van der Waals surface area contributed by atoms with E-state index < -0.39 is 17.3 Å². The first-order chi connectivity index (χ1) is 18.2. The Bertz CT molecular complexity index is 1890. The van der Waals surface area contributed by atoms with Crippen LogP contribution in [0.5, 0.6) is 0 Å². The van der Waals surface area contributed by atoms with E-state index in [1.165, 1.54) is 22.8 Å². The van der Waals surface area contributed by atoms with E-state index in [-0.39, 0.29) is 5.69 Å². The van der Waals surface area contributed by atoms with Crippen molar-refractivity contribution in [3.8, 4) is 28.2 Å². The zero-order chi connectivity index (χ0) is 26.6. The van der Waals surface area contributed by atoms with Crippen molar-refractivity contribution < 1.29 is 17.7 Å². The minimum absolute atomic E-state index is 0.0839. The second-order valence-electron chi connectivity index (χ2n) is 8.81. The quantitative estimate of drug-likeness (QED) is 0.259. The number of fused-ring (bicyclic) bond motifs is 3. The average Bonchev–Trinajstić information content (AvgIpc) is 3.25. The fraction of sp³-hybridized carbons (Fsp3) is 0.107. The van der Waals surface area contributed by atoms with E-state index >= 15 is 0 Å². The predicted octanol–water partition coefficient (Wildman–Crippen LogP) is 6.29. The Hall–Kier alpha value is -4.86. The van der Waals surface area contributed by atoms with Gasteiger partial charge in [-0.05, 0) is 62.4 Å². The number of rotatable bonds is 3. The summed E-state index contributed by atoms with van der Waals surface area (Å²) in [6, 6.07) is 14.8. The summed E-state index contributed by atoms with van der Waals surface area (Å²) in [5, 5.41) is 4.53. The lowest BCUT2D eigenvalue weighted by molar-refractivity contribution is -0.137. The largest absolute Gasteiger partial charge is 0.416 e. The molecule has 0 aliphatic carbocycles. The Labute approximate surface area is 213 Å². The van der Waals surface area contributed by atoms with Crippen molar-refractivity contribution in [2.45, 2.75) is 20.0 Å². The Morgan fingerprint density at radius 2 is 1.71 bits per heavy atom. The second-order valence-corrected chi connectivity index (χ2v) is 8.81. The van der Waals surface area contributed by atoms with Gasteiger partial charge in [-0.2, -0.15) is 13.2 Å². The fourth-order valence-corrected chi connectivity index (χ4v) is 4.55. The molecule has 0 saturated heterocycles. The van der Waals surface area contributed by atoms with Crippen molar-refractivity contribution in [1.29, 1.82) is 0 Å². The molecule has 0 fully saturated rings. The molecule has 7 nitrogen and oxygen atoms in total. The summed E-state index contributed by atoms with van der Waals surface area (Å²) in [4.78, 5) is 26.8. The summed E-state index contributed by atoms with van der Waals surface area (Å²) >= 11 is 0. The number of pyridine rings is 4. The monoisotopic (exact) mass is 513 g/mol. The molecule has 0 N–H and O–H groups in total. The lowest BCUT2D eigenvalue weighted by Gasteiger charge is -2.14. The number of hydrogen-bond donors (Lipinski definition) is 0. The number of benzene rings is 1. The van der Waals surface area contributed by atoms with Crippen LogP contribution in [0, 0.1) is 13.8 Å². The molecular weight excluding hydrogens is 495 g/mol. The summed E-state index contributed by atoms with van der Waals surface area (Å²) in [7, 11) is 0. The van der Waals surface area contributed by atoms with E-state index in [0.29, 0.717) is 44.6 Å². The molecule has 0 saturated carbocycles. The van der Waals surface area contributed by atoms with E-state index in [4.69, 9.17) is 9.51 Å². The lowest BCUT2D eigenvalue weighted by atomic mass is 10.1. The third-order valence-corrected chi connectivity index (χ3v) is 6.34. The number of aromatic nitrogens is 5. The zero-order valence-electron chi connectivity index (χ0n) is 20.1. The average molecular weight is 513 g/mol. The second kappa shape index (κ2) is 8.62. The van der Waals surface area contributed by atoms with Gasteiger partial charge in [0, 0.05) is 35.1 Å². The minimum Gasteiger partial charge on any atom is -0.361 e. The predicted molar refractivity (Wildman–Crippen MR) is 136 cm³/mol. The van der Waals surface area contributed by atoms with E-state index in [9.17, 15) is 18.0 Å². The number of nitrogens with zero attached hydrogens (tertiary/aromatic N) is 5. The fourth-order valence-electron chi connectivity index (χ4n) is 4.55. The number of aryl methyl sites for hydroxylation is 2. The molecule has 5 heterocycles. The highest BCUT2D eigenvalue weighted by atomic mass is 19.4. The van der Waals surface area contributed by atoms with Gasteiger partial charge in [0.1, 0.15) is 11.3 Å². The Morgan fingerprint density at radius 1 is 0.895 bits per heavy atom. The van der Waals surface area contributed by atoms with Crippen LogP contribution < -0.4 is 5.56 Å². The van der Waals surface area contributed by atoms with Gasteiger partial charge in [-0.15, -0.1) is 0 Å². The maximum Gasteiger partial charge on any atom is 0.416 e. The molecule has 0 radical (unpaired) electrons. The number of halogens is 3. The Morgan fingerprint density at radius 3 is 2.42 bits per heavy atom. The molecule has 0 spiro atoms. The van der Waals surface area contributed by atoms with E-state index in [0.717, 1.165) is 23.4 Å². The van der Waals surface area contributed by atoms with E-state index in [1.807, 2.05) is 26.0 Å². The van der Waals surface area contributed by atoms with Crippen LogP contribution in [0.25, 0.3) is 50.1 Å². The molecular formula is C28H18F3N5O2. The summed E-state index contributed by atoms with van der Waals surface area (Å²) in [5.41, 5.74) is 3.52. The van der Waals surface area contributed by atoms with Crippen LogP contribution in [-0.2, 0) is 6.18 Å². The van der Waals surface area contributed by atoms with Crippen molar-refractivity contribution in [3.63, 3.8) is 0 Å². The van der Waals surface area contributed by atoms with Crippen LogP contribution in [0.15, 0.2) is 82.4 Å². The first kappa shape index (κ1) is 23.5. The molecule has 6 aromatic rings. The molecule has 0 bridgehead atoms. The van der Waals surface area contributed by atoms with Gasteiger partial charge < -0.3 is 4.52 Å². The zero-order valence-corrected chi connectivity index (χ0v) is 20.1. The van der Waals surface area contributed by atoms with E-state index in [2.05, 4.69) is 15.1 Å². The van der Waals surface area contributed by atoms with Gasteiger partial charge in [0.15, 0.2) is 0 Å². The van der Waals surface area contributed by atoms with Gasteiger partial charge in [-0.25, -0.2) is 4.98 Å². The molecule has 10 heteroatoms. The maximum atomic E-state index is 13.4. The highest BCUT2D eigenvalue weighted by Crippen LogP contribution is 2.32. The Balaban J connectivity index is 1.54. The molecule has 0 unspecified atom stereocenters. The van der Waals surface area contributed by atoms with Crippen LogP contribution in [0.4, 0.5) is 13.2 Å². The Kier molecular flexibility index (Phi) is 5.34. The van der Waals surface area contributed by atoms with Crippen molar-refractivity contribution in [1.82, 2.24) is 24.7 Å². The smallest absolute Gasteiger partial charge is 0.361 e.